The Labute approximate surface area is 177 Å². The van der Waals surface area contributed by atoms with Crippen LogP contribution in [0.4, 0.5) is 0 Å². The van der Waals surface area contributed by atoms with E-state index in [1.807, 2.05) is 73.0 Å². The first-order valence-electron chi connectivity index (χ1n) is 9.31. The van der Waals surface area contributed by atoms with Crippen LogP contribution in [0.25, 0.3) is 16.9 Å². The van der Waals surface area contributed by atoms with Gasteiger partial charge in [0.15, 0.2) is 0 Å². The minimum absolute atomic E-state index is 0.103. The van der Waals surface area contributed by atoms with Crippen LogP contribution in [-0.2, 0) is 11.2 Å². The Balaban J connectivity index is 1.55. The standard InChI is InChI=1S/C22H19N5O2S/c1-15-14-30-21(23-15)13-20(28)24-25-22(29)19-12-18(16-8-4-2-5-9-16)26-27(19)17-10-6-3-7-11-17/h2-12,14H,13H2,1H3,(H,24,28)(H,25,29). The molecule has 0 unspecified atom stereocenters. The Morgan fingerprint density at radius 1 is 1.00 bits per heavy atom. The highest BCUT2D eigenvalue weighted by molar-refractivity contribution is 7.09. The summed E-state index contributed by atoms with van der Waals surface area (Å²) >= 11 is 1.41. The predicted molar refractivity (Wildman–Crippen MR) is 115 cm³/mol. The van der Waals surface area contributed by atoms with Crippen molar-refractivity contribution in [2.45, 2.75) is 13.3 Å². The monoisotopic (exact) mass is 417 g/mol. The van der Waals surface area contributed by atoms with E-state index in [1.54, 1.807) is 10.7 Å². The number of carbonyl (C=O) groups excluding carboxylic acids is 2. The fourth-order valence-corrected chi connectivity index (χ4v) is 3.69. The van der Waals surface area contributed by atoms with E-state index in [2.05, 4.69) is 20.9 Å². The zero-order valence-corrected chi connectivity index (χ0v) is 17.0. The van der Waals surface area contributed by atoms with Crippen molar-refractivity contribution in [3.05, 3.63) is 88.5 Å². The molecule has 0 saturated heterocycles. The molecule has 0 bridgehead atoms. The summed E-state index contributed by atoms with van der Waals surface area (Å²) in [6, 6.07) is 20.7. The van der Waals surface area contributed by atoms with Gasteiger partial charge in [-0.1, -0.05) is 48.5 Å². The number of carbonyl (C=O) groups is 2. The van der Waals surface area contributed by atoms with Crippen molar-refractivity contribution in [3.63, 3.8) is 0 Å². The van der Waals surface area contributed by atoms with E-state index < -0.39 is 5.91 Å². The molecule has 2 heterocycles. The number of nitrogens with one attached hydrogen (secondary N) is 2. The van der Waals surface area contributed by atoms with Gasteiger partial charge in [-0.05, 0) is 25.1 Å². The number of nitrogens with zero attached hydrogens (tertiary/aromatic N) is 3. The molecule has 2 amide bonds. The number of para-hydroxylation sites is 1. The minimum Gasteiger partial charge on any atom is -0.273 e. The third-order valence-electron chi connectivity index (χ3n) is 4.31. The predicted octanol–water partition coefficient (Wildman–Crippen LogP) is 3.31. The Morgan fingerprint density at radius 3 is 2.37 bits per heavy atom. The maximum Gasteiger partial charge on any atom is 0.288 e. The first-order valence-corrected chi connectivity index (χ1v) is 10.2. The van der Waals surface area contributed by atoms with Gasteiger partial charge in [0.2, 0.25) is 5.91 Å². The number of hydrogen-bond donors (Lipinski definition) is 2. The molecule has 2 aromatic carbocycles. The van der Waals surface area contributed by atoms with Gasteiger partial charge in [0.1, 0.15) is 10.7 Å². The van der Waals surface area contributed by atoms with Gasteiger partial charge in [0, 0.05) is 16.6 Å². The van der Waals surface area contributed by atoms with Gasteiger partial charge in [0.25, 0.3) is 5.91 Å². The summed E-state index contributed by atoms with van der Waals surface area (Å²) in [6.07, 6.45) is 0.103. The molecule has 0 fully saturated rings. The van der Waals surface area contributed by atoms with Crippen LogP contribution in [0.5, 0.6) is 0 Å². The molecule has 0 aliphatic rings. The van der Waals surface area contributed by atoms with Crippen LogP contribution in [0.1, 0.15) is 21.2 Å². The molecule has 2 N–H and O–H groups in total. The minimum atomic E-state index is -0.461. The normalized spacial score (nSPS) is 10.6. The van der Waals surface area contributed by atoms with Gasteiger partial charge in [-0.2, -0.15) is 5.10 Å². The van der Waals surface area contributed by atoms with Crippen molar-refractivity contribution < 1.29 is 9.59 Å². The van der Waals surface area contributed by atoms with Crippen LogP contribution >= 0.6 is 11.3 Å². The van der Waals surface area contributed by atoms with Crippen LogP contribution in [0.3, 0.4) is 0 Å². The quantitative estimate of drug-likeness (QED) is 0.488. The molecule has 30 heavy (non-hydrogen) atoms. The van der Waals surface area contributed by atoms with E-state index in [9.17, 15) is 9.59 Å². The van der Waals surface area contributed by atoms with Crippen molar-refractivity contribution in [1.82, 2.24) is 25.6 Å². The molecule has 0 radical (unpaired) electrons. The first-order chi connectivity index (χ1) is 14.6. The van der Waals surface area contributed by atoms with E-state index in [4.69, 9.17) is 0 Å². The molecule has 150 valence electrons. The van der Waals surface area contributed by atoms with Crippen molar-refractivity contribution in [2.24, 2.45) is 0 Å². The Kier molecular flexibility index (Phi) is 5.67. The Morgan fingerprint density at radius 2 is 1.70 bits per heavy atom. The molecular formula is C22H19N5O2S. The average molecular weight is 417 g/mol. The summed E-state index contributed by atoms with van der Waals surface area (Å²) in [5.41, 5.74) is 8.41. The van der Waals surface area contributed by atoms with Gasteiger partial charge in [0.05, 0.1) is 17.8 Å². The number of thiazole rings is 1. The van der Waals surface area contributed by atoms with Crippen LogP contribution < -0.4 is 10.9 Å². The SMILES string of the molecule is Cc1csc(CC(=O)NNC(=O)c2cc(-c3ccccc3)nn2-c2ccccc2)n1. The third kappa shape index (κ3) is 4.44. The van der Waals surface area contributed by atoms with Gasteiger partial charge in [-0.3, -0.25) is 20.4 Å². The fourth-order valence-electron chi connectivity index (χ4n) is 2.91. The summed E-state index contributed by atoms with van der Waals surface area (Å²) in [7, 11) is 0. The lowest BCUT2D eigenvalue weighted by atomic mass is 10.1. The molecule has 0 saturated carbocycles. The van der Waals surface area contributed by atoms with Crippen molar-refractivity contribution >= 4 is 23.2 Å². The van der Waals surface area contributed by atoms with Gasteiger partial charge in [-0.25, -0.2) is 9.67 Å². The topological polar surface area (TPSA) is 88.9 Å². The summed E-state index contributed by atoms with van der Waals surface area (Å²) in [4.78, 5) is 29.3. The van der Waals surface area contributed by atoms with Crippen molar-refractivity contribution in [3.8, 4) is 16.9 Å². The van der Waals surface area contributed by atoms with Crippen molar-refractivity contribution in [2.75, 3.05) is 0 Å². The largest absolute Gasteiger partial charge is 0.288 e. The van der Waals surface area contributed by atoms with E-state index in [-0.39, 0.29) is 12.3 Å². The molecular weight excluding hydrogens is 398 g/mol. The van der Waals surface area contributed by atoms with E-state index in [1.165, 1.54) is 11.3 Å². The number of rotatable bonds is 5. The fraction of sp³-hybridized carbons (Fsp3) is 0.0909. The van der Waals surface area contributed by atoms with Gasteiger partial charge >= 0.3 is 0 Å². The van der Waals surface area contributed by atoms with E-state index >= 15 is 0 Å². The maximum atomic E-state index is 12.8. The Bertz CT molecular complexity index is 1170. The molecule has 7 nitrogen and oxygen atoms in total. The number of amides is 2. The zero-order chi connectivity index (χ0) is 20.9. The molecule has 0 aliphatic carbocycles. The summed E-state index contributed by atoms with van der Waals surface area (Å²) in [5.74, 6) is -0.802. The molecule has 2 aromatic heterocycles. The van der Waals surface area contributed by atoms with Gasteiger partial charge in [-0.15, -0.1) is 11.3 Å². The number of benzene rings is 2. The molecule has 8 heteroatoms. The smallest absolute Gasteiger partial charge is 0.273 e. The second kappa shape index (κ2) is 8.71. The number of aryl methyl sites for hydroxylation is 1. The van der Waals surface area contributed by atoms with E-state index in [0.717, 1.165) is 16.9 Å². The first kappa shape index (κ1) is 19.5. The second-order valence-corrected chi connectivity index (χ2v) is 7.53. The lowest BCUT2D eigenvalue weighted by molar-refractivity contribution is -0.121. The second-order valence-electron chi connectivity index (χ2n) is 6.59. The molecule has 0 spiro atoms. The van der Waals surface area contributed by atoms with Crippen LogP contribution in [0, 0.1) is 6.92 Å². The number of aromatic nitrogens is 3. The Hall–Kier alpha value is -3.78. The summed E-state index contributed by atoms with van der Waals surface area (Å²) < 4.78 is 1.56. The highest BCUT2D eigenvalue weighted by Crippen LogP contribution is 2.21. The third-order valence-corrected chi connectivity index (χ3v) is 5.27. The number of hydrazine groups is 1. The molecule has 0 atom stereocenters. The zero-order valence-electron chi connectivity index (χ0n) is 16.2. The van der Waals surface area contributed by atoms with Crippen molar-refractivity contribution in [1.29, 1.82) is 0 Å². The number of hydrogen-bond acceptors (Lipinski definition) is 5. The molecule has 4 aromatic rings. The highest BCUT2D eigenvalue weighted by atomic mass is 32.1. The molecule has 4 rings (SSSR count). The van der Waals surface area contributed by atoms with Gasteiger partial charge < -0.3 is 0 Å². The summed E-state index contributed by atoms with van der Waals surface area (Å²) in [5, 5.41) is 7.18. The maximum absolute atomic E-state index is 12.8. The lowest BCUT2D eigenvalue weighted by Gasteiger charge is -2.09. The summed E-state index contributed by atoms with van der Waals surface area (Å²) in [6.45, 7) is 1.87. The average Bonchev–Trinajstić information content (AvgIpc) is 3.40. The van der Waals surface area contributed by atoms with Crippen LogP contribution in [0.2, 0.25) is 0 Å². The lowest BCUT2D eigenvalue weighted by Crippen LogP contribution is -2.43. The highest BCUT2D eigenvalue weighted by Gasteiger charge is 2.18. The van der Waals surface area contributed by atoms with Crippen LogP contribution in [0.15, 0.2) is 72.1 Å². The van der Waals surface area contributed by atoms with E-state index in [0.29, 0.717) is 16.4 Å². The van der Waals surface area contributed by atoms with Crippen LogP contribution in [-0.4, -0.2) is 26.6 Å². The molecule has 0 aliphatic heterocycles.